The van der Waals surface area contributed by atoms with Crippen LogP contribution < -0.4 is 5.32 Å². The minimum atomic E-state index is -0.124. The lowest BCUT2D eigenvalue weighted by Crippen LogP contribution is -2.11. The number of carbonyl (C=O) groups is 1. The number of benzene rings is 2. The lowest BCUT2D eigenvalue weighted by molar-refractivity contribution is 0.102. The van der Waals surface area contributed by atoms with Gasteiger partial charge in [-0.25, -0.2) is 0 Å². The van der Waals surface area contributed by atoms with Crippen LogP contribution in [0.3, 0.4) is 0 Å². The van der Waals surface area contributed by atoms with Gasteiger partial charge >= 0.3 is 0 Å². The van der Waals surface area contributed by atoms with Gasteiger partial charge in [0.05, 0.1) is 11.7 Å². The molecule has 5 heteroatoms. The number of H-pyrrole nitrogens is 2. The zero-order chi connectivity index (χ0) is 14.2. The average Bonchev–Trinajstić information content (AvgIpc) is 3.14. The highest BCUT2D eigenvalue weighted by Crippen LogP contribution is 2.19. The number of hydrogen-bond donors (Lipinski definition) is 3. The van der Waals surface area contributed by atoms with Crippen molar-refractivity contribution < 1.29 is 4.79 Å². The summed E-state index contributed by atoms with van der Waals surface area (Å²) in [6.07, 6.45) is 3.59. The largest absolute Gasteiger partial charge is 0.361 e. The topological polar surface area (TPSA) is 73.6 Å². The molecule has 102 valence electrons. The molecule has 21 heavy (non-hydrogen) atoms. The Hall–Kier alpha value is -3.08. The van der Waals surface area contributed by atoms with Gasteiger partial charge in [0.2, 0.25) is 0 Å². The number of anilines is 1. The molecule has 2 aromatic carbocycles. The molecule has 3 N–H and O–H groups in total. The summed E-state index contributed by atoms with van der Waals surface area (Å²) in [7, 11) is 0. The van der Waals surface area contributed by atoms with Gasteiger partial charge in [0.15, 0.2) is 0 Å². The highest BCUT2D eigenvalue weighted by atomic mass is 16.1. The maximum absolute atomic E-state index is 12.3. The number of aromatic nitrogens is 3. The lowest BCUT2D eigenvalue weighted by Gasteiger charge is -2.05. The summed E-state index contributed by atoms with van der Waals surface area (Å²) in [6.45, 7) is 0. The standard InChI is InChI=1S/C16H12N4O/c21-16(11-1-3-14-10(7-11)5-6-17-14)19-13-2-4-15-12(8-13)9-18-20-15/h1-9,17H,(H,18,20)(H,19,21). The molecule has 5 nitrogen and oxygen atoms in total. The summed E-state index contributed by atoms with van der Waals surface area (Å²) >= 11 is 0. The quantitative estimate of drug-likeness (QED) is 0.525. The van der Waals surface area contributed by atoms with E-state index in [1.54, 1.807) is 6.20 Å². The predicted molar refractivity (Wildman–Crippen MR) is 82.3 cm³/mol. The third-order valence-corrected chi connectivity index (χ3v) is 3.51. The van der Waals surface area contributed by atoms with E-state index in [1.165, 1.54) is 0 Å². The van der Waals surface area contributed by atoms with E-state index in [4.69, 9.17) is 0 Å². The van der Waals surface area contributed by atoms with E-state index < -0.39 is 0 Å². The van der Waals surface area contributed by atoms with Gasteiger partial charge in [0, 0.05) is 33.7 Å². The summed E-state index contributed by atoms with van der Waals surface area (Å²) in [5, 5.41) is 11.7. The second-order valence-corrected chi connectivity index (χ2v) is 4.91. The maximum atomic E-state index is 12.3. The van der Waals surface area contributed by atoms with Crippen molar-refractivity contribution in [2.45, 2.75) is 0 Å². The number of nitrogens with zero attached hydrogens (tertiary/aromatic N) is 1. The Morgan fingerprint density at radius 2 is 1.90 bits per heavy atom. The molecular weight excluding hydrogens is 264 g/mol. The van der Waals surface area contributed by atoms with Gasteiger partial charge in [-0.3, -0.25) is 9.89 Å². The second-order valence-electron chi connectivity index (χ2n) is 4.91. The van der Waals surface area contributed by atoms with E-state index in [1.807, 2.05) is 48.7 Å². The van der Waals surface area contributed by atoms with E-state index in [0.717, 1.165) is 27.5 Å². The Morgan fingerprint density at radius 3 is 2.86 bits per heavy atom. The molecule has 0 saturated carbocycles. The molecule has 0 aliphatic carbocycles. The Bertz CT molecular complexity index is 951. The molecule has 0 fully saturated rings. The third-order valence-electron chi connectivity index (χ3n) is 3.51. The van der Waals surface area contributed by atoms with Gasteiger partial charge in [-0.15, -0.1) is 0 Å². The fourth-order valence-corrected chi connectivity index (χ4v) is 2.42. The highest BCUT2D eigenvalue weighted by Gasteiger charge is 2.08. The Morgan fingerprint density at radius 1 is 1.00 bits per heavy atom. The summed E-state index contributed by atoms with van der Waals surface area (Å²) in [6, 6.07) is 13.2. The third kappa shape index (κ3) is 2.04. The van der Waals surface area contributed by atoms with Crippen LogP contribution in [0.4, 0.5) is 5.69 Å². The highest BCUT2D eigenvalue weighted by molar-refractivity contribution is 6.06. The first-order chi connectivity index (χ1) is 10.3. The number of hydrogen-bond acceptors (Lipinski definition) is 2. The average molecular weight is 276 g/mol. The van der Waals surface area contributed by atoms with Crippen LogP contribution in [0.2, 0.25) is 0 Å². The normalized spacial score (nSPS) is 11.0. The van der Waals surface area contributed by atoms with Crippen molar-refractivity contribution in [1.29, 1.82) is 0 Å². The summed E-state index contributed by atoms with van der Waals surface area (Å²) in [5.41, 5.74) is 3.35. The lowest BCUT2D eigenvalue weighted by atomic mass is 10.1. The zero-order valence-corrected chi connectivity index (χ0v) is 11.1. The molecule has 0 atom stereocenters. The minimum absolute atomic E-state index is 0.124. The van der Waals surface area contributed by atoms with Crippen molar-refractivity contribution in [1.82, 2.24) is 15.2 Å². The van der Waals surface area contributed by atoms with Crippen molar-refractivity contribution in [2.75, 3.05) is 5.32 Å². The molecule has 2 heterocycles. The Kier molecular flexibility index (Phi) is 2.50. The van der Waals surface area contributed by atoms with Crippen LogP contribution in [0, 0.1) is 0 Å². The van der Waals surface area contributed by atoms with Crippen molar-refractivity contribution in [3.8, 4) is 0 Å². The summed E-state index contributed by atoms with van der Waals surface area (Å²) in [4.78, 5) is 15.4. The number of rotatable bonds is 2. The van der Waals surface area contributed by atoms with Crippen LogP contribution in [0.5, 0.6) is 0 Å². The number of aromatic amines is 2. The smallest absolute Gasteiger partial charge is 0.255 e. The molecule has 4 rings (SSSR count). The van der Waals surface area contributed by atoms with Gasteiger partial charge in [-0.1, -0.05) is 0 Å². The van der Waals surface area contributed by atoms with Crippen LogP contribution in [-0.2, 0) is 0 Å². The molecule has 4 aromatic rings. The molecule has 0 unspecified atom stereocenters. The van der Waals surface area contributed by atoms with Crippen molar-refractivity contribution in [3.05, 3.63) is 60.4 Å². The van der Waals surface area contributed by atoms with Gasteiger partial charge in [0.1, 0.15) is 0 Å². The van der Waals surface area contributed by atoms with Gasteiger partial charge in [-0.2, -0.15) is 5.10 Å². The zero-order valence-electron chi connectivity index (χ0n) is 11.1. The van der Waals surface area contributed by atoms with E-state index in [-0.39, 0.29) is 5.91 Å². The number of fused-ring (bicyclic) bond motifs is 2. The van der Waals surface area contributed by atoms with E-state index in [0.29, 0.717) is 5.56 Å². The maximum Gasteiger partial charge on any atom is 0.255 e. The van der Waals surface area contributed by atoms with Gasteiger partial charge < -0.3 is 10.3 Å². The predicted octanol–water partition coefficient (Wildman–Crippen LogP) is 3.30. The molecule has 0 aliphatic heterocycles. The number of amides is 1. The fourth-order valence-electron chi connectivity index (χ4n) is 2.42. The van der Waals surface area contributed by atoms with Crippen LogP contribution in [0.25, 0.3) is 21.8 Å². The molecular formula is C16H12N4O. The first-order valence-corrected chi connectivity index (χ1v) is 6.61. The van der Waals surface area contributed by atoms with Crippen LogP contribution in [0.15, 0.2) is 54.9 Å². The number of carbonyl (C=O) groups excluding carboxylic acids is 1. The number of nitrogens with one attached hydrogen (secondary N) is 3. The molecule has 0 aliphatic rings. The fraction of sp³-hybridized carbons (Fsp3) is 0. The summed E-state index contributed by atoms with van der Waals surface area (Å²) < 4.78 is 0. The SMILES string of the molecule is O=C(Nc1ccc2[nH]ncc2c1)c1ccc2[nH]ccc2c1. The van der Waals surface area contributed by atoms with Crippen LogP contribution in [-0.4, -0.2) is 21.1 Å². The van der Waals surface area contributed by atoms with Gasteiger partial charge in [0.25, 0.3) is 5.91 Å². The van der Waals surface area contributed by atoms with Gasteiger partial charge in [-0.05, 0) is 42.5 Å². The molecule has 1 amide bonds. The molecule has 0 bridgehead atoms. The van der Waals surface area contributed by atoms with Crippen LogP contribution in [0.1, 0.15) is 10.4 Å². The Balaban J connectivity index is 1.64. The monoisotopic (exact) mass is 276 g/mol. The van der Waals surface area contributed by atoms with E-state index >= 15 is 0 Å². The molecule has 0 saturated heterocycles. The molecule has 0 radical (unpaired) electrons. The molecule has 2 aromatic heterocycles. The van der Waals surface area contributed by atoms with E-state index in [2.05, 4.69) is 20.5 Å². The summed E-state index contributed by atoms with van der Waals surface area (Å²) in [5.74, 6) is -0.124. The van der Waals surface area contributed by atoms with E-state index in [9.17, 15) is 4.79 Å². The first-order valence-electron chi connectivity index (χ1n) is 6.61. The molecule has 0 spiro atoms. The first kappa shape index (κ1) is 11.7. The van der Waals surface area contributed by atoms with Crippen molar-refractivity contribution in [3.63, 3.8) is 0 Å². The Labute approximate surface area is 120 Å². The van der Waals surface area contributed by atoms with Crippen molar-refractivity contribution in [2.24, 2.45) is 0 Å². The van der Waals surface area contributed by atoms with Crippen LogP contribution >= 0.6 is 0 Å². The second kappa shape index (κ2) is 4.49. The van der Waals surface area contributed by atoms with Crippen molar-refractivity contribution >= 4 is 33.4 Å². The minimum Gasteiger partial charge on any atom is -0.361 e.